The average molecular weight is 418 g/mol. The van der Waals surface area contributed by atoms with E-state index in [0.29, 0.717) is 10.3 Å². The molecule has 5 N–H and O–H groups in total. The van der Waals surface area contributed by atoms with Crippen molar-refractivity contribution in [1.29, 1.82) is 0 Å². The Bertz CT molecular complexity index is 815. The summed E-state index contributed by atoms with van der Waals surface area (Å²) in [5.41, 5.74) is 11.7. The van der Waals surface area contributed by atoms with Crippen LogP contribution in [0.5, 0.6) is 0 Å². The number of rotatable bonds is 7. The second-order valence-electron chi connectivity index (χ2n) is 7.31. The van der Waals surface area contributed by atoms with Crippen LogP contribution in [0.2, 0.25) is 0 Å². The van der Waals surface area contributed by atoms with Gasteiger partial charge in [0, 0.05) is 40.6 Å². The molecule has 158 valence electrons. The number of halogens is 1. The molecule has 2 aromatic rings. The summed E-state index contributed by atoms with van der Waals surface area (Å²) in [5, 5.41) is 3.27. The van der Waals surface area contributed by atoms with Gasteiger partial charge in [0.2, 0.25) is 0 Å². The molecule has 29 heavy (non-hydrogen) atoms. The first-order valence-corrected chi connectivity index (χ1v) is 10.3. The van der Waals surface area contributed by atoms with E-state index in [9.17, 15) is 4.39 Å². The minimum atomic E-state index is -0.219. The van der Waals surface area contributed by atoms with Gasteiger partial charge in [0.15, 0.2) is 5.96 Å². The normalized spacial score (nSPS) is 11.3. The van der Waals surface area contributed by atoms with Crippen LogP contribution in [0.25, 0.3) is 0 Å². The van der Waals surface area contributed by atoms with Gasteiger partial charge in [-0.15, -0.1) is 0 Å². The largest absolute Gasteiger partial charge is 0.370 e. The molecule has 0 unspecified atom stereocenters. The lowest BCUT2D eigenvalue weighted by molar-refractivity contribution is 0.356. The Morgan fingerprint density at radius 3 is 2.38 bits per heavy atom. The predicted molar refractivity (Wildman–Crippen MR) is 123 cm³/mol. The number of allylic oxidation sites excluding steroid dienone is 2. The standard InChI is InChI=1S/C20H25FN2S.C2H7N3/c1-5-20(3,4)11-8-15(2)23-16-6-7-19(18(21)14-16)24-17-9-12-22-13-10-17;1-5-2(3)4/h6-10,12-14,23H,5,11H2,1-4H3;1H3,(H4,3,4,5)/b15-8+;. The van der Waals surface area contributed by atoms with Crippen molar-refractivity contribution in [3.8, 4) is 0 Å². The van der Waals surface area contributed by atoms with Crippen molar-refractivity contribution >= 4 is 23.4 Å². The van der Waals surface area contributed by atoms with Crippen molar-refractivity contribution < 1.29 is 4.39 Å². The van der Waals surface area contributed by atoms with E-state index in [1.54, 1.807) is 18.5 Å². The third-order valence-corrected chi connectivity index (χ3v) is 5.39. The van der Waals surface area contributed by atoms with Crippen LogP contribution in [0, 0.1) is 11.2 Å². The lowest BCUT2D eigenvalue weighted by Gasteiger charge is -2.20. The molecule has 1 heterocycles. The average Bonchev–Trinajstić information content (AvgIpc) is 2.70. The molecule has 0 spiro atoms. The Morgan fingerprint density at radius 1 is 1.24 bits per heavy atom. The molecule has 0 bridgehead atoms. The van der Waals surface area contributed by atoms with Gasteiger partial charge in [-0.1, -0.05) is 45.0 Å². The van der Waals surface area contributed by atoms with E-state index >= 15 is 0 Å². The highest BCUT2D eigenvalue weighted by Crippen LogP contribution is 2.31. The molecular weight excluding hydrogens is 385 g/mol. The second-order valence-corrected chi connectivity index (χ2v) is 8.43. The van der Waals surface area contributed by atoms with Crippen LogP contribution in [-0.4, -0.2) is 18.0 Å². The number of nitrogens with one attached hydrogen (secondary N) is 1. The number of hydrogen-bond donors (Lipinski definition) is 3. The van der Waals surface area contributed by atoms with Gasteiger partial charge in [0.25, 0.3) is 0 Å². The fraction of sp³-hybridized carbons (Fsp3) is 0.364. The Labute approximate surface area is 177 Å². The fourth-order valence-electron chi connectivity index (χ4n) is 2.05. The number of nitrogens with two attached hydrogens (primary N) is 2. The first kappa shape index (κ1) is 24.5. The van der Waals surface area contributed by atoms with Crippen LogP contribution >= 0.6 is 11.8 Å². The van der Waals surface area contributed by atoms with Crippen LogP contribution in [0.15, 0.2) is 69.3 Å². The zero-order chi connectivity index (χ0) is 21.9. The topological polar surface area (TPSA) is 89.3 Å². The van der Waals surface area contributed by atoms with Gasteiger partial charge < -0.3 is 16.8 Å². The molecule has 0 saturated carbocycles. The minimum Gasteiger partial charge on any atom is -0.370 e. The van der Waals surface area contributed by atoms with Crippen LogP contribution in [0.3, 0.4) is 0 Å². The molecule has 1 aromatic carbocycles. The van der Waals surface area contributed by atoms with Crippen molar-refractivity contribution in [3.05, 3.63) is 60.3 Å². The van der Waals surface area contributed by atoms with Crippen molar-refractivity contribution in [1.82, 2.24) is 4.98 Å². The highest BCUT2D eigenvalue weighted by atomic mass is 32.2. The zero-order valence-electron chi connectivity index (χ0n) is 17.9. The van der Waals surface area contributed by atoms with Crippen molar-refractivity contribution in [2.75, 3.05) is 12.4 Å². The summed E-state index contributed by atoms with van der Waals surface area (Å²) in [5.74, 6) is -0.0894. The van der Waals surface area contributed by atoms with Crippen molar-refractivity contribution in [2.24, 2.45) is 21.9 Å². The van der Waals surface area contributed by atoms with E-state index in [1.807, 2.05) is 31.2 Å². The smallest absolute Gasteiger partial charge is 0.185 e. The highest BCUT2D eigenvalue weighted by molar-refractivity contribution is 7.99. The third-order valence-electron chi connectivity index (χ3n) is 4.33. The maximum absolute atomic E-state index is 14.3. The summed E-state index contributed by atoms with van der Waals surface area (Å²) in [6, 6.07) is 9.02. The molecule has 0 fully saturated rings. The fourth-order valence-corrected chi connectivity index (χ4v) is 2.85. The van der Waals surface area contributed by atoms with Gasteiger partial charge in [-0.3, -0.25) is 9.98 Å². The van der Waals surface area contributed by atoms with E-state index in [1.165, 1.54) is 18.8 Å². The maximum atomic E-state index is 14.3. The molecule has 2 rings (SSSR count). The Kier molecular flexibility index (Phi) is 10.2. The Balaban J connectivity index is 0.000000749. The lowest BCUT2D eigenvalue weighted by Crippen LogP contribution is -2.21. The van der Waals surface area contributed by atoms with E-state index in [-0.39, 0.29) is 11.8 Å². The maximum Gasteiger partial charge on any atom is 0.185 e. The number of hydrogen-bond acceptors (Lipinski definition) is 4. The Hall–Kier alpha value is -2.54. The molecule has 0 saturated heterocycles. The van der Waals surface area contributed by atoms with Crippen molar-refractivity contribution in [3.63, 3.8) is 0 Å². The van der Waals surface area contributed by atoms with Gasteiger partial charge >= 0.3 is 0 Å². The quantitative estimate of drug-likeness (QED) is 0.414. The summed E-state index contributed by atoms with van der Waals surface area (Å²) in [7, 11) is 1.54. The van der Waals surface area contributed by atoms with Gasteiger partial charge in [0.1, 0.15) is 5.82 Å². The minimum absolute atomic E-state index is 0.130. The molecule has 0 aliphatic carbocycles. The van der Waals surface area contributed by atoms with E-state index in [4.69, 9.17) is 11.5 Å². The number of pyridine rings is 1. The van der Waals surface area contributed by atoms with Gasteiger partial charge in [-0.05, 0) is 49.1 Å². The van der Waals surface area contributed by atoms with Crippen LogP contribution in [0.4, 0.5) is 10.1 Å². The van der Waals surface area contributed by atoms with E-state index < -0.39 is 0 Å². The van der Waals surface area contributed by atoms with Crippen LogP contribution < -0.4 is 16.8 Å². The highest BCUT2D eigenvalue weighted by Gasteiger charge is 2.13. The number of guanidine groups is 1. The molecule has 0 aliphatic rings. The number of aromatic nitrogens is 1. The molecule has 7 heteroatoms. The molecule has 0 aliphatic heterocycles. The molecular formula is C22H32FN5S. The summed E-state index contributed by atoms with van der Waals surface area (Å²) in [6.07, 6.45) is 7.73. The van der Waals surface area contributed by atoms with Crippen molar-refractivity contribution in [2.45, 2.75) is 50.3 Å². The number of nitrogens with zero attached hydrogens (tertiary/aromatic N) is 2. The molecule has 1 aromatic heterocycles. The summed E-state index contributed by atoms with van der Waals surface area (Å²) < 4.78 is 14.3. The SMILES string of the molecule is CCC(C)(C)C/C=C(\C)Nc1ccc(Sc2ccncc2)c(F)c1.CN=C(N)N. The van der Waals surface area contributed by atoms with E-state index in [2.05, 4.69) is 42.1 Å². The second kappa shape index (κ2) is 12.1. The van der Waals surface area contributed by atoms with E-state index in [0.717, 1.165) is 29.1 Å². The monoisotopic (exact) mass is 417 g/mol. The van der Waals surface area contributed by atoms with Crippen LogP contribution in [-0.2, 0) is 0 Å². The Morgan fingerprint density at radius 2 is 1.86 bits per heavy atom. The third kappa shape index (κ3) is 9.99. The van der Waals surface area contributed by atoms with Gasteiger partial charge in [-0.25, -0.2) is 4.39 Å². The van der Waals surface area contributed by atoms with Crippen LogP contribution in [0.1, 0.15) is 40.5 Å². The van der Waals surface area contributed by atoms with Gasteiger partial charge in [0.05, 0.1) is 0 Å². The number of benzene rings is 1. The summed E-state index contributed by atoms with van der Waals surface area (Å²) >= 11 is 1.40. The van der Waals surface area contributed by atoms with Gasteiger partial charge in [-0.2, -0.15) is 0 Å². The zero-order valence-corrected chi connectivity index (χ0v) is 18.7. The lowest BCUT2D eigenvalue weighted by atomic mass is 9.86. The predicted octanol–water partition coefficient (Wildman–Crippen LogP) is 5.40. The number of anilines is 1. The summed E-state index contributed by atoms with van der Waals surface area (Å²) in [4.78, 5) is 8.92. The molecule has 5 nitrogen and oxygen atoms in total. The molecule has 0 amide bonds. The molecule has 0 radical (unpaired) electrons. The summed E-state index contributed by atoms with van der Waals surface area (Å²) in [6.45, 7) is 8.72. The molecule has 0 atom stereocenters. The first-order valence-electron chi connectivity index (χ1n) is 9.45. The number of aliphatic imine (C=N–C) groups is 1. The first-order chi connectivity index (χ1) is 13.7.